The molecule has 0 spiro atoms. The fourth-order valence-corrected chi connectivity index (χ4v) is 1.82. The van der Waals surface area contributed by atoms with E-state index < -0.39 is 0 Å². The van der Waals surface area contributed by atoms with E-state index in [2.05, 4.69) is 20.3 Å². The molecule has 0 aliphatic carbocycles. The molecule has 5 nitrogen and oxygen atoms in total. The van der Waals surface area contributed by atoms with Crippen molar-refractivity contribution >= 4 is 17.6 Å². The van der Waals surface area contributed by atoms with Gasteiger partial charge in [0.25, 0.3) is 0 Å². The topological polar surface area (TPSA) is 55.6 Å². The van der Waals surface area contributed by atoms with Gasteiger partial charge >= 0.3 is 0 Å². The van der Waals surface area contributed by atoms with Crippen LogP contribution in [0.5, 0.6) is 0 Å². The summed E-state index contributed by atoms with van der Waals surface area (Å²) in [6, 6.07) is 0. The first-order chi connectivity index (χ1) is 7.29. The number of aromatic nitrogens is 4. The van der Waals surface area contributed by atoms with Gasteiger partial charge in [-0.2, -0.15) is 0 Å². The van der Waals surface area contributed by atoms with E-state index in [0.29, 0.717) is 0 Å². The molecule has 78 valence electrons. The number of hydrogen-bond acceptors (Lipinski definition) is 5. The molecule has 0 radical (unpaired) electrons. The highest BCUT2D eigenvalue weighted by atomic mass is 32.2. The summed E-state index contributed by atoms with van der Waals surface area (Å²) in [4.78, 5) is 12.6. The third-order valence-corrected chi connectivity index (χ3v) is 2.82. The van der Waals surface area contributed by atoms with Crippen molar-refractivity contribution in [3.63, 3.8) is 0 Å². The minimum Gasteiger partial charge on any atom is -0.372 e. The molecule has 15 heavy (non-hydrogen) atoms. The van der Waals surface area contributed by atoms with Crippen molar-refractivity contribution in [1.82, 2.24) is 19.5 Å². The maximum atomic E-state index is 4.34. The van der Waals surface area contributed by atoms with E-state index in [1.165, 1.54) is 11.8 Å². The summed E-state index contributed by atoms with van der Waals surface area (Å²) in [7, 11) is 3.77. The Hall–Kier alpha value is -1.56. The number of rotatable bonds is 3. The second kappa shape index (κ2) is 4.31. The summed E-state index contributed by atoms with van der Waals surface area (Å²) >= 11 is 1.49. The van der Waals surface area contributed by atoms with Crippen LogP contribution in [0.3, 0.4) is 0 Å². The first-order valence-electron chi connectivity index (χ1n) is 4.44. The Labute approximate surface area is 92.0 Å². The minimum atomic E-state index is 0.759. The van der Waals surface area contributed by atoms with Gasteiger partial charge in [0.1, 0.15) is 10.8 Å². The lowest BCUT2D eigenvalue weighted by Crippen LogP contribution is -1.95. The van der Waals surface area contributed by atoms with Crippen molar-refractivity contribution in [2.24, 2.45) is 7.05 Å². The number of hydrogen-bond donors (Lipinski definition) is 1. The van der Waals surface area contributed by atoms with Crippen molar-refractivity contribution in [2.75, 3.05) is 12.4 Å². The molecule has 2 heterocycles. The number of anilines is 1. The number of imidazole rings is 1. The van der Waals surface area contributed by atoms with Crippen molar-refractivity contribution in [3.05, 3.63) is 24.8 Å². The zero-order valence-corrected chi connectivity index (χ0v) is 9.32. The van der Waals surface area contributed by atoms with Gasteiger partial charge in [-0.15, -0.1) is 0 Å². The number of aryl methyl sites for hydroxylation is 1. The van der Waals surface area contributed by atoms with Crippen molar-refractivity contribution in [1.29, 1.82) is 0 Å². The molecule has 1 N–H and O–H groups in total. The summed E-state index contributed by atoms with van der Waals surface area (Å²) in [5.74, 6) is 0.759. The predicted octanol–water partition coefficient (Wildman–Crippen LogP) is 1.40. The van der Waals surface area contributed by atoms with Gasteiger partial charge in [-0.3, -0.25) is 4.98 Å². The van der Waals surface area contributed by atoms with Gasteiger partial charge in [0.2, 0.25) is 0 Å². The van der Waals surface area contributed by atoms with Crippen LogP contribution in [0.25, 0.3) is 0 Å². The molecule has 0 saturated heterocycles. The molecule has 2 rings (SSSR count). The van der Waals surface area contributed by atoms with Gasteiger partial charge in [0, 0.05) is 26.5 Å². The average Bonchev–Trinajstić information content (AvgIpc) is 2.65. The highest BCUT2D eigenvalue weighted by Crippen LogP contribution is 2.23. The van der Waals surface area contributed by atoms with Crippen molar-refractivity contribution in [2.45, 2.75) is 10.2 Å². The summed E-state index contributed by atoms with van der Waals surface area (Å²) in [6.45, 7) is 0. The SMILES string of the molecule is CNc1cncc(Sc2nccn2C)n1. The predicted molar refractivity (Wildman–Crippen MR) is 58.9 cm³/mol. The molecule has 0 aliphatic heterocycles. The summed E-state index contributed by atoms with van der Waals surface area (Å²) in [5, 5.41) is 4.68. The van der Waals surface area contributed by atoms with E-state index in [9.17, 15) is 0 Å². The first-order valence-corrected chi connectivity index (χ1v) is 5.26. The molecule has 0 aromatic carbocycles. The zero-order valence-electron chi connectivity index (χ0n) is 8.51. The standard InChI is InChI=1S/C9H11N5S/c1-10-7-5-11-6-8(13-7)15-9-12-3-4-14(9)2/h3-6H,1-2H3,(H,10,13). The molecule has 0 bridgehead atoms. The van der Waals surface area contributed by atoms with Gasteiger partial charge in [0.15, 0.2) is 5.16 Å². The van der Waals surface area contributed by atoms with Crippen LogP contribution in [0, 0.1) is 0 Å². The Morgan fingerprint density at radius 1 is 1.40 bits per heavy atom. The van der Waals surface area contributed by atoms with Crippen LogP contribution in [0.4, 0.5) is 5.82 Å². The lowest BCUT2D eigenvalue weighted by molar-refractivity contribution is 0.788. The van der Waals surface area contributed by atoms with E-state index in [1.807, 2.05) is 24.9 Å². The highest BCUT2D eigenvalue weighted by molar-refractivity contribution is 7.99. The van der Waals surface area contributed by atoms with Crippen LogP contribution >= 0.6 is 11.8 Å². The van der Waals surface area contributed by atoms with Gasteiger partial charge < -0.3 is 9.88 Å². The normalized spacial score (nSPS) is 10.3. The Kier molecular flexibility index (Phi) is 2.86. The second-order valence-electron chi connectivity index (χ2n) is 2.92. The molecule has 0 atom stereocenters. The summed E-state index contributed by atoms with van der Waals surface area (Å²) < 4.78 is 1.94. The Morgan fingerprint density at radius 2 is 2.27 bits per heavy atom. The van der Waals surface area contributed by atoms with Crippen molar-refractivity contribution < 1.29 is 0 Å². The lowest BCUT2D eigenvalue weighted by atomic mass is 10.7. The third-order valence-electron chi connectivity index (χ3n) is 1.84. The van der Waals surface area contributed by atoms with E-state index in [-0.39, 0.29) is 0 Å². The van der Waals surface area contributed by atoms with Gasteiger partial charge in [-0.1, -0.05) is 0 Å². The fraction of sp³-hybridized carbons (Fsp3) is 0.222. The lowest BCUT2D eigenvalue weighted by Gasteiger charge is -2.02. The molecular formula is C9H11N5S. The minimum absolute atomic E-state index is 0.759. The van der Waals surface area contributed by atoms with E-state index in [4.69, 9.17) is 0 Å². The average molecular weight is 221 g/mol. The molecule has 0 amide bonds. The first kappa shape index (κ1) is 9.97. The number of nitrogens with one attached hydrogen (secondary N) is 1. The quantitative estimate of drug-likeness (QED) is 0.849. The smallest absolute Gasteiger partial charge is 0.174 e. The van der Waals surface area contributed by atoms with Gasteiger partial charge in [-0.25, -0.2) is 9.97 Å². The van der Waals surface area contributed by atoms with E-state index in [0.717, 1.165) is 16.0 Å². The van der Waals surface area contributed by atoms with Crippen LogP contribution in [-0.4, -0.2) is 26.6 Å². The largest absolute Gasteiger partial charge is 0.372 e. The van der Waals surface area contributed by atoms with Gasteiger partial charge in [0.05, 0.1) is 12.4 Å². The Balaban J connectivity index is 2.21. The zero-order chi connectivity index (χ0) is 10.7. The maximum Gasteiger partial charge on any atom is 0.174 e. The fourth-order valence-electron chi connectivity index (χ4n) is 1.06. The molecule has 6 heteroatoms. The molecular weight excluding hydrogens is 210 g/mol. The molecule has 2 aromatic rings. The Morgan fingerprint density at radius 3 is 2.93 bits per heavy atom. The third kappa shape index (κ3) is 2.27. The monoisotopic (exact) mass is 221 g/mol. The van der Waals surface area contributed by atoms with Crippen LogP contribution < -0.4 is 5.32 Å². The van der Waals surface area contributed by atoms with E-state index in [1.54, 1.807) is 18.6 Å². The molecule has 0 fully saturated rings. The second-order valence-corrected chi connectivity index (χ2v) is 3.90. The maximum absolute atomic E-state index is 4.34. The summed E-state index contributed by atoms with van der Waals surface area (Å²) in [6.07, 6.45) is 7.07. The van der Waals surface area contributed by atoms with E-state index >= 15 is 0 Å². The van der Waals surface area contributed by atoms with Gasteiger partial charge in [-0.05, 0) is 11.8 Å². The van der Waals surface area contributed by atoms with Crippen LogP contribution in [0.2, 0.25) is 0 Å². The van der Waals surface area contributed by atoms with Crippen molar-refractivity contribution in [3.8, 4) is 0 Å². The molecule has 2 aromatic heterocycles. The molecule has 0 aliphatic rings. The van der Waals surface area contributed by atoms with Crippen LogP contribution in [-0.2, 0) is 7.05 Å². The molecule has 0 unspecified atom stereocenters. The van der Waals surface area contributed by atoms with Crippen LogP contribution in [0.1, 0.15) is 0 Å². The highest BCUT2D eigenvalue weighted by Gasteiger charge is 2.04. The Bertz CT molecular complexity index is 453. The molecule has 0 saturated carbocycles. The summed E-state index contributed by atoms with van der Waals surface area (Å²) in [5.41, 5.74) is 0. The van der Waals surface area contributed by atoms with Crippen LogP contribution in [0.15, 0.2) is 35.0 Å². The number of nitrogens with zero attached hydrogens (tertiary/aromatic N) is 4.